The van der Waals surface area contributed by atoms with Crippen molar-refractivity contribution in [1.82, 2.24) is 15.0 Å². The van der Waals surface area contributed by atoms with Gasteiger partial charge in [0.15, 0.2) is 0 Å². The summed E-state index contributed by atoms with van der Waals surface area (Å²) >= 11 is 0. The molecule has 24 heavy (non-hydrogen) atoms. The van der Waals surface area contributed by atoms with Crippen LogP contribution in [0.1, 0.15) is 37.6 Å². The standard InChI is InChI=1S/C19H25N3O2/c1-3-19(2,23)13-17-20-18(21-24-17)16-9-7-8-15(12-16)14-22-10-5-4-6-11-22/h3,7-9,12,23H,1,4-6,10-11,13-14H2,2H3. The van der Waals surface area contributed by atoms with Crippen molar-refractivity contribution in [2.24, 2.45) is 0 Å². The summed E-state index contributed by atoms with van der Waals surface area (Å²) in [5.74, 6) is 0.974. The van der Waals surface area contributed by atoms with Crippen LogP contribution in [-0.4, -0.2) is 38.8 Å². The molecular formula is C19H25N3O2. The summed E-state index contributed by atoms with van der Waals surface area (Å²) in [7, 11) is 0. The van der Waals surface area contributed by atoms with Crippen molar-refractivity contribution < 1.29 is 9.63 Å². The third-order valence-electron chi connectivity index (χ3n) is 4.46. The Morgan fingerprint density at radius 1 is 1.33 bits per heavy atom. The van der Waals surface area contributed by atoms with E-state index in [9.17, 15) is 5.11 Å². The van der Waals surface area contributed by atoms with E-state index in [-0.39, 0.29) is 6.42 Å². The number of rotatable bonds is 6. The number of likely N-dealkylation sites (tertiary alicyclic amines) is 1. The molecule has 1 aliphatic rings. The highest BCUT2D eigenvalue weighted by atomic mass is 16.5. The van der Waals surface area contributed by atoms with Crippen molar-refractivity contribution in [3.8, 4) is 11.4 Å². The zero-order valence-electron chi connectivity index (χ0n) is 14.2. The highest BCUT2D eigenvalue weighted by Gasteiger charge is 2.21. The molecule has 1 aliphatic heterocycles. The molecule has 1 saturated heterocycles. The second-order valence-corrected chi connectivity index (χ2v) is 6.79. The Kier molecular flexibility index (Phi) is 5.11. The molecule has 5 heteroatoms. The maximum absolute atomic E-state index is 10.0. The van der Waals surface area contributed by atoms with E-state index < -0.39 is 5.60 Å². The number of hydrogen-bond acceptors (Lipinski definition) is 5. The molecule has 1 aromatic heterocycles. The lowest BCUT2D eigenvalue weighted by Gasteiger charge is -2.26. The van der Waals surface area contributed by atoms with Crippen LogP contribution in [0, 0.1) is 0 Å². The summed E-state index contributed by atoms with van der Waals surface area (Å²) in [5.41, 5.74) is 1.16. The number of aromatic nitrogens is 2. The SMILES string of the molecule is C=CC(C)(O)Cc1nc(-c2cccc(CN3CCCCC3)c2)no1. The van der Waals surface area contributed by atoms with Crippen LogP contribution in [0.25, 0.3) is 11.4 Å². The summed E-state index contributed by atoms with van der Waals surface area (Å²) in [4.78, 5) is 6.89. The molecule has 3 rings (SSSR count). The van der Waals surface area contributed by atoms with Crippen molar-refractivity contribution >= 4 is 0 Å². The number of aliphatic hydroxyl groups is 1. The van der Waals surface area contributed by atoms with E-state index in [4.69, 9.17) is 4.52 Å². The quantitative estimate of drug-likeness (QED) is 0.826. The fraction of sp³-hybridized carbons (Fsp3) is 0.474. The Labute approximate surface area is 143 Å². The molecule has 2 heterocycles. The van der Waals surface area contributed by atoms with Crippen LogP contribution < -0.4 is 0 Å². The molecule has 128 valence electrons. The molecule has 5 nitrogen and oxygen atoms in total. The lowest BCUT2D eigenvalue weighted by atomic mass is 10.0. The smallest absolute Gasteiger partial charge is 0.230 e. The number of nitrogens with zero attached hydrogens (tertiary/aromatic N) is 3. The van der Waals surface area contributed by atoms with Gasteiger partial charge in [-0.3, -0.25) is 4.90 Å². The zero-order chi connectivity index (χ0) is 17.0. The maximum atomic E-state index is 10.0. The second-order valence-electron chi connectivity index (χ2n) is 6.79. The molecule has 1 aromatic carbocycles. The van der Waals surface area contributed by atoms with Gasteiger partial charge >= 0.3 is 0 Å². The average Bonchev–Trinajstić information content (AvgIpc) is 3.04. The van der Waals surface area contributed by atoms with E-state index >= 15 is 0 Å². The van der Waals surface area contributed by atoms with Gasteiger partial charge in [0.05, 0.1) is 12.0 Å². The Balaban J connectivity index is 1.71. The molecular weight excluding hydrogens is 302 g/mol. The van der Waals surface area contributed by atoms with Crippen molar-refractivity contribution in [1.29, 1.82) is 0 Å². The first kappa shape index (κ1) is 16.9. The predicted octanol–water partition coefficient (Wildman–Crippen LogP) is 3.20. The number of hydrogen-bond donors (Lipinski definition) is 1. The fourth-order valence-electron chi connectivity index (χ4n) is 3.01. The Morgan fingerprint density at radius 2 is 2.12 bits per heavy atom. The molecule has 0 amide bonds. The van der Waals surface area contributed by atoms with Crippen LogP contribution in [-0.2, 0) is 13.0 Å². The van der Waals surface area contributed by atoms with Gasteiger partial charge in [0.2, 0.25) is 11.7 Å². The highest BCUT2D eigenvalue weighted by molar-refractivity contribution is 5.55. The number of benzene rings is 1. The summed E-state index contributed by atoms with van der Waals surface area (Å²) in [6.45, 7) is 8.60. The van der Waals surface area contributed by atoms with E-state index in [0.717, 1.165) is 12.1 Å². The summed E-state index contributed by atoms with van der Waals surface area (Å²) in [6, 6.07) is 8.28. The minimum atomic E-state index is -1.04. The van der Waals surface area contributed by atoms with Crippen molar-refractivity contribution in [2.75, 3.05) is 13.1 Å². The Hall–Kier alpha value is -1.98. The third-order valence-corrected chi connectivity index (χ3v) is 4.46. The highest BCUT2D eigenvalue weighted by Crippen LogP contribution is 2.21. The lowest BCUT2D eigenvalue weighted by Crippen LogP contribution is -2.29. The van der Waals surface area contributed by atoms with Gasteiger partial charge in [-0.05, 0) is 44.5 Å². The van der Waals surface area contributed by atoms with Gasteiger partial charge in [-0.1, -0.05) is 35.9 Å². The first-order valence-corrected chi connectivity index (χ1v) is 8.56. The van der Waals surface area contributed by atoms with Gasteiger partial charge in [-0.15, -0.1) is 6.58 Å². The van der Waals surface area contributed by atoms with Gasteiger partial charge in [0, 0.05) is 12.1 Å². The largest absolute Gasteiger partial charge is 0.386 e. The fourth-order valence-corrected chi connectivity index (χ4v) is 3.01. The van der Waals surface area contributed by atoms with Crippen molar-refractivity contribution in [3.63, 3.8) is 0 Å². The Morgan fingerprint density at radius 3 is 2.88 bits per heavy atom. The topological polar surface area (TPSA) is 62.4 Å². The molecule has 1 N–H and O–H groups in total. The van der Waals surface area contributed by atoms with Gasteiger partial charge in [0.25, 0.3) is 0 Å². The molecule has 0 bridgehead atoms. The molecule has 0 spiro atoms. The van der Waals surface area contributed by atoms with Crippen LogP contribution in [0.15, 0.2) is 41.4 Å². The van der Waals surface area contributed by atoms with Crippen LogP contribution in [0.4, 0.5) is 0 Å². The van der Waals surface area contributed by atoms with Gasteiger partial charge in [-0.25, -0.2) is 0 Å². The summed E-state index contributed by atoms with van der Waals surface area (Å²) in [5, 5.41) is 14.1. The van der Waals surface area contributed by atoms with Crippen LogP contribution >= 0.6 is 0 Å². The van der Waals surface area contributed by atoms with E-state index in [0.29, 0.717) is 11.7 Å². The zero-order valence-corrected chi connectivity index (χ0v) is 14.2. The molecule has 0 saturated carbocycles. The van der Waals surface area contributed by atoms with Gasteiger partial charge < -0.3 is 9.63 Å². The maximum Gasteiger partial charge on any atom is 0.230 e. The summed E-state index contributed by atoms with van der Waals surface area (Å²) < 4.78 is 5.27. The molecule has 1 unspecified atom stereocenters. The minimum Gasteiger partial charge on any atom is -0.386 e. The van der Waals surface area contributed by atoms with Crippen LogP contribution in [0.5, 0.6) is 0 Å². The predicted molar refractivity (Wildman–Crippen MR) is 93.4 cm³/mol. The molecule has 0 radical (unpaired) electrons. The van der Waals surface area contributed by atoms with Gasteiger partial charge in [-0.2, -0.15) is 4.98 Å². The monoisotopic (exact) mass is 327 g/mol. The number of piperidine rings is 1. The van der Waals surface area contributed by atoms with E-state index in [1.54, 1.807) is 6.92 Å². The molecule has 0 aliphatic carbocycles. The lowest BCUT2D eigenvalue weighted by molar-refractivity contribution is 0.102. The van der Waals surface area contributed by atoms with Crippen LogP contribution in [0.2, 0.25) is 0 Å². The molecule has 1 fully saturated rings. The Bertz CT molecular complexity index is 687. The van der Waals surface area contributed by atoms with Crippen molar-refractivity contribution in [3.05, 3.63) is 48.4 Å². The molecule has 1 atom stereocenters. The van der Waals surface area contributed by atoms with E-state index in [2.05, 4.69) is 33.8 Å². The third kappa shape index (κ3) is 4.30. The second kappa shape index (κ2) is 7.28. The van der Waals surface area contributed by atoms with Crippen LogP contribution in [0.3, 0.4) is 0 Å². The van der Waals surface area contributed by atoms with E-state index in [1.165, 1.54) is 44.0 Å². The average molecular weight is 327 g/mol. The first-order valence-electron chi connectivity index (χ1n) is 8.56. The van der Waals surface area contributed by atoms with Crippen molar-refractivity contribution in [2.45, 2.75) is 44.8 Å². The first-order chi connectivity index (χ1) is 11.6. The normalized spacial score (nSPS) is 18.2. The minimum absolute atomic E-state index is 0.261. The summed E-state index contributed by atoms with van der Waals surface area (Å²) in [6.07, 6.45) is 5.66. The van der Waals surface area contributed by atoms with E-state index in [1.807, 2.05) is 12.1 Å². The van der Waals surface area contributed by atoms with Gasteiger partial charge in [0.1, 0.15) is 0 Å². The molecule has 2 aromatic rings.